The minimum atomic E-state index is -3.62. The van der Waals surface area contributed by atoms with Gasteiger partial charge in [0.25, 0.3) is 10.0 Å². The molecule has 0 saturated carbocycles. The fraction of sp³-hybridized carbons (Fsp3) is 0.200. The summed E-state index contributed by atoms with van der Waals surface area (Å²) in [6.45, 7) is 3.49. The summed E-state index contributed by atoms with van der Waals surface area (Å²) in [6, 6.07) is 1.73. The van der Waals surface area contributed by atoms with E-state index in [1.807, 2.05) is 0 Å². The Morgan fingerprint density at radius 3 is 2.65 bits per heavy atom. The van der Waals surface area contributed by atoms with Gasteiger partial charge in [0.15, 0.2) is 5.03 Å². The first-order valence-corrected chi connectivity index (χ1v) is 6.42. The number of rotatable bonds is 3. The van der Waals surface area contributed by atoms with Crippen molar-refractivity contribution in [1.29, 1.82) is 0 Å². The minimum Gasteiger partial charge on any atom is -0.332 e. The maximum Gasteiger partial charge on any atom is 0.279 e. The largest absolute Gasteiger partial charge is 0.332 e. The van der Waals surface area contributed by atoms with Gasteiger partial charge in [-0.15, -0.1) is 0 Å². The van der Waals surface area contributed by atoms with Crippen molar-refractivity contribution in [3.63, 3.8) is 0 Å². The van der Waals surface area contributed by atoms with Crippen molar-refractivity contribution < 1.29 is 8.42 Å². The smallest absolute Gasteiger partial charge is 0.279 e. The number of nitrogens with zero attached hydrogens (tertiary/aromatic N) is 2. The summed E-state index contributed by atoms with van der Waals surface area (Å²) in [5.41, 5.74) is 1.26. The second kappa shape index (κ2) is 4.17. The molecular formula is C10H12N4O2S. The Hall–Kier alpha value is -1.89. The summed E-state index contributed by atoms with van der Waals surface area (Å²) in [5, 5.41) is 0.0400. The summed E-state index contributed by atoms with van der Waals surface area (Å²) < 4.78 is 26.4. The van der Waals surface area contributed by atoms with E-state index in [4.69, 9.17) is 0 Å². The van der Waals surface area contributed by atoms with E-state index in [1.54, 1.807) is 26.1 Å². The third kappa shape index (κ3) is 2.44. The number of aromatic amines is 1. The Morgan fingerprint density at radius 1 is 1.29 bits per heavy atom. The van der Waals surface area contributed by atoms with Crippen LogP contribution in [0, 0.1) is 13.8 Å². The van der Waals surface area contributed by atoms with Crippen LogP contribution in [0.25, 0.3) is 0 Å². The number of imidazole rings is 1. The Morgan fingerprint density at radius 2 is 2.06 bits per heavy atom. The molecule has 17 heavy (non-hydrogen) atoms. The third-order valence-electron chi connectivity index (χ3n) is 2.25. The van der Waals surface area contributed by atoms with E-state index in [0.29, 0.717) is 11.5 Å². The van der Waals surface area contributed by atoms with E-state index < -0.39 is 10.0 Å². The monoisotopic (exact) mass is 252 g/mol. The van der Waals surface area contributed by atoms with Crippen LogP contribution in [0.5, 0.6) is 0 Å². The van der Waals surface area contributed by atoms with Gasteiger partial charge in [-0.05, 0) is 25.5 Å². The van der Waals surface area contributed by atoms with E-state index in [2.05, 4.69) is 19.7 Å². The number of sulfonamides is 1. The Bertz CT molecular complexity index is 633. The highest BCUT2D eigenvalue weighted by atomic mass is 32.2. The van der Waals surface area contributed by atoms with E-state index >= 15 is 0 Å². The van der Waals surface area contributed by atoms with Gasteiger partial charge < -0.3 is 4.98 Å². The fourth-order valence-corrected chi connectivity index (χ4v) is 2.39. The molecule has 0 aliphatic heterocycles. The standard InChI is InChI=1S/C10H12N4O2S/c1-7-3-4-11-5-9(7)14-17(15,16)10-6-12-8(2)13-10/h3-6,14H,1-2H3,(H,12,13). The molecule has 0 atom stereocenters. The Labute approximate surface area is 99.2 Å². The summed E-state index contributed by atoms with van der Waals surface area (Å²) in [5.74, 6) is 0.549. The average molecular weight is 252 g/mol. The highest BCUT2D eigenvalue weighted by Crippen LogP contribution is 2.16. The topological polar surface area (TPSA) is 87.7 Å². The van der Waals surface area contributed by atoms with Crippen molar-refractivity contribution >= 4 is 15.7 Å². The van der Waals surface area contributed by atoms with Crippen molar-refractivity contribution in [3.8, 4) is 0 Å². The summed E-state index contributed by atoms with van der Waals surface area (Å²) in [4.78, 5) is 10.4. The second-order valence-corrected chi connectivity index (χ2v) is 5.28. The molecule has 0 spiro atoms. The highest BCUT2D eigenvalue weighted by Gasteiger charge is 2.17. The van der Waals surface area contributed by atoms with Crippen LogP contribution < -0.4 is 4.72 Å². The molecule has 2 aromatic rings. The number of nitrogens with one attached hydrogen (secondary N) is 2. The number of anilines is 1. The number of aromatic nitrogens is 3. The molecule has 0 unspecified atom stereocenters. The van der Waals surface area contributed by atoms with Crippen LogP contribution in [0.3, 0.4) is 0 Å². The van der Waals surface area contributed by atoms with Crippen LogP contribution in [0.4, 0.5) is 5.69 Å². The number of H-pyrrole nitrogens is 1. The predicted molar refractivity (Wildman–Crippen MR) is 63.1 cm³/mol. The molecule has 90 valence electrons. The van der Waals surface area contributed by atoms with Crippen molar-refractivity contribution in [2.75, 3.05) is 4.72 Å². The summed E-state index contributed by atoms with van der Waals surface area (Å²) in [7, 11) is -3.62. The molecule has 6 nitrogen and oxygen atoms in total. The molecule has 7 heteroatoms. The van der Waals surface area contributed by atoms with Gasteiger partial charge in [-0.1, -0.05) is 0 Å². The van der Waals surface area contributed by atoms with Crippen molar-refractivity contribution in [1.82, 2.24) is 15.0 Å². The molecule has 2 rings (SSSR count). The van der Waals surface area contributed by atoms with E-state index in [1.165, 1.54) is 12.4 Å². The molecule has 2 heterocycles. The zero-order valence-electron chi connectivity index (χ0n) is 9.43. The maximum atomic E-state index is 12.0. The van der Waals surface area contributed by atoms with E-state index in [0.717, 1.165) is 5.56 Å². The van der Waals surface area contributed by atoms with Gasteiger partial charge in [0.1, 0.15) is 5.82 Å². The lowest BCUT2D eigenvalue weighted by Gasteiger charge is -2.07. The lowest BCUT2D eigenvalue weighted by Crippen LogP contribution is -2.14. The van der Waals surface area contributed by atoms with Crippen LogP contribution in [-0.4, -0.2) is 23.4 Å². The van der Waals surface area contributed by atoms with Gasteiger partial charge in [-0.2, -0.15) is 8.42 Å². The normalized spacial score (nSPS) is 11.4. The molecule has 0 radical (unpaired) electrons. The predicted octanol–water partition coefficient (Wildman–Crippen LogP) is 1.22. The third-order valence-corrected chi connectivity index (χ3v) is 3.53. The molecule has 0 fully saturated rings. The molecule has 0 saturated heterocycles. The maximum absolute atomic E-state index is 12.0. The minimum absolute atomic E-state index is 0.0400. The van der Waals surface area contributed by atoms with Gasteiger partial charge in [0.2, 0.25) is 0 Å². The Kier molecular flexibility index (Phi) is 2.84. The van der Waals surface area contributed by atoms with Gasteiger partial charge in [-0.3, -0.25) is 9.71 Å². The Balaban J connectivity index is 2.33. The molecule has 0 aliphatic carbocycles. The van der Waals surface area contributed by atoms with Crippen molar-refractivity contribution in [3.05, 3.63) is 36.0 Å². The number of hydrogen-bond donors (Lipinski definition) is 2. The van der Waals surface area contributed by atoms with Crippen LogP contribution in [-0.2, 0) is 10.0 Å². The molecule has 2 aromatic heterocycles. The van der Waals surface area contributed by atoms with Crippen molar-refractivity contribution in [2.24, 2.45) is 0 Å². The number of pyridine rings is 1. The molecular weight excluding hydrogens is 240 g/mol. The first-order chi connectivity index (χ1) is 7.99. The lowest BCUT2D eigenvalue weighted by molar-refractivity contribution is 0.598. The molecule has 0 aromatic carbocycles. The number of hydrogen-bond acceptors (Lipinski definition) is 4. The molecule has 0 aliphatic rings. The first-order valence-electron chi connectivity index (χ1n) is 4.94. The van der Waals surface area contributed by atoms with Gasteiger partial charge in [0.05, 0.1) is 18.1 Å². The lowest BCUT2D eigenvalue weighted by atomic mass is 10.3. The first kappa shape index (κ1) is 11.6. The average Bonchev–Trinajstić information content (AvgIpc) is 2.69. The zero-order chi connectivity index (χ0) is 12.5. The van der Waals surface area contributed by atoms with Crippen LogP contribution in [0.2, 0.25) is 0 Å². The van der Waals surface area contributed by atoms with E-state index in [9.17, 15) is 8.42 Å². The molecule has 0 amide bonds. The summed E-state index contributed by atoms with van der Waals surface area (Å²) in [6.07, 6.45) is 4.35. The fourth-order valence-electron chi connectivity index (χ4n) is 1.31. The van der Waals surface area contributed by atoms with Gasteiger partial charge in [-0.25, -0.2) is 4.98 Å². The SMILES string of the molecule is Cc1ncc(S(=O)(=O)Nc2cnccc2C)[nH]1. The van der Waals surface area contributed by atoms with Crippen LogP contribution >= 0.6 is 0 Å². The second-order valence-electron chi connectivity index (χ2n) is 3.63. The summed E-state index contributed by atoms with van der Waals surface area (Å²) >= 11 is 0. The van der Waals surface area contributed by atoms with Gasteiger partial charge >= 0.3 is 0 Å². The van der Waals surface area contributed by atoms with Crippen molar-refractivity contribution in [2.45, 2.75) is 18.9 Å². The van der Waals surface area contributed by atoms with E-state index in [-0.39, 0.29) is 5.03 Å². The highest BCUT2D eigenvalue weighted by molar-refractivity contribution is 7.92. The quantitative estimate of drug-likeness (QED) is 0.859. The zero-order valence-corrected chi connectivity index (χ0v) is 10.2. The van der Waals surface area contributed by atoms with Gasteiger partial charge in [0, 0.05) is 6.20 Å². The molecule has 2 N–H and O–H groups in total. The van der Waals surface area contributed by atoms with Crippen LogP contribution in [0.1, 0.15) is 11.4 Å². The number of aryl methyl sites for hydroxylation is 2. The molecule has 0 bridgehead atoms. The van der Waals surface area contributed by atoms with Crippen LogP contribution in [0.15, 0.2) is 29.7 Å².